The quantitative estimate of drug-likeness (QED) is 0.563. The first-order valence-corrected chi connectivity index (χ1v) is 6.77. The Morgan fingerprint density at radius 1 is 1.11 bits per heavy atom. The van der Waals surface area contributed by atoms with Gasteiger partial charge in [-0.2, -0.15) is 0 Å². The standard InChI is InChI=1S/C14H27N5/c1-7-10-11(16-9-17-12(10)19-15)18-14(5,6)8-13(2,3)4/h9H,7-8,15H2,1-6H3,(H2,16,17,18,19). The van der Waals surface area contributed by atoms with Crippen molar-refractivity contribution in [1.82, 2.24) is 9.97 Å². The van der Waals surface area contributed by atoms with Crippen LogP contribution < -0.4 is 16.6 Å². The average molecular weight is 265 g/mol. The van der Waals surface area contributed by atoms with Gasteiger partial charge in [0.2, 0.25) is 0 Å². The number of hydrogen-bond acceptors (Lipinski definition) is 5. The smallest absolute Gasteiger partial charge is 0.148 e. The van der Waals surface area contributed by atoms with E-state index in [4.69, 9.17) is 5.84 Å². The molecule has 0 aromatic carbocycles. The second-order valence-corrected chi connectivity index (χ2v) is 6.79. The molecular formula is C14H27N5. The Labute approximate surface area is 116 Å². The lowest BCUT2D eigenvalue weighted by molar-refractivity contribution is 0.302. The van der Waals surface area contributed by atoms with Crippen LogP contribution in [0.4, 0.5) is 11.6 Å². The Kier molecular flexibility index (Phi) is 4.74. The van der Waals surface area contributed by atoms with Crippen molar-refractivity contribution in [3.8, 4) is 0 Å². The number of hydrazine groups is 1. The first kappa shape index (κ1) is 15.7. The maximum Gasteiger partial charge on any atom is 0.148 e. The molecular weight excluding hydrogens is 238 g/mol. The molecule has 5 heteroatoms. The Balaban J connectivity index is 2.99. The zero-order valence-electron chi connectivity index (χ0n) is 13.0. The van der Waals surface area contributed by atoms with Gasteiger partial charge in [-0.15, -0.1) is 0 Å². The fourth-order valence-electron chi connectivity index (χ4n) is 2.67. The van der Waals surface area contributed by atoms with E-state index in [1.54, 1.807) is 0 Å². The van der Waals surface area contributed by atoms with E-state index in [1.165, 1.54) is 6.33 Å². The molecule has 108 valence electrons. The van der Waals surface area contributed by atoms with Gasteiger partial charge >= 0.3 is 0 Å². The molecule has 1 aromatic heterocycles. The first-order valence-electron chi connectivity index (χ1n) is 6.77. The summed E-state index contributed by atoms with van der Waals surface area (Å²) < 4.78 is 0. The van der Waals surface area contributed by atoms with Crippen LogP contribution in [0.5, 0.6) is 0 Å². The molecule has 0 bridgehead atoms. The van der Waals surface area contributed by atoms with Gasteiger partial charge in [0, 0.05) is 11.1 Å². The van der Waals surface area contributed by atoms with Crippen molar-refractivity contribution in [2.75, 3.05) is 10.7 Å². The molecule has 0 aliphatic heterocycles. The molecule has 0 saturated carbocycles. The maximum absolute atomic E-state index is 5.49. The van der Waals surface area contributed by atoms with Gasteiger partial charge in [0.25, 0.3) is 0 Å². The summed E-state index contributed by atoms with van der Waals surface area (Å²) >= 11 is 0. The summed E-state index contributed by atoms with van der Waals surface area (Å²) in [5, 5.41) is 3.52. The van der Waals surface area contributed by atoms with Crippen LogP contribution in [0.3, 0.4) is 0 Å². The number of nitrogen functional groups attached to an aromatic ring is 1. The lowest BCUT2D eigenvalue weighted by atomic mass is 9.82. The van der Waals surface area contributed by atoms with Crippen LogP contribution in [0.15, 0.2) is 6.33 Å². The Hall–Kier alpha value is -1.36. The van der Waals surface area contributed by atoms with Gasteiger partial charge in [0.15, 0.2) is 0 Å². The number of rotatable bonds is 5. The maximum atomic E-state index is 5.49. The summed E-state index contributed by atoms with van der Waals surface area (Å²) in [6.07, 6.45) is 3.40. The SMILES string of the molecule is CCc1c(NN)ncnc1NC(C)(C)CC(C)(C)C. The zero-order valence-corrected chi connectivity index (χ0v) is 13.0. The predicted molar refractivity (Wildman–Crippen MR) is 81.0 cm³/mol. The molecule has 19 heavy (non-hydrogen) atoms. The van der Waals surface area contributed by atoms with Crippen LogP contribution >= 0.6 is 0 Å². The molecule has 0 saturated heterocycles. The van der Waals surface area contributed by atoms with E-state index in [1.807, 2.05) is 0 Å². The molecule has 0 unspecified atom stereocenters. The van der Waals surface area contributed by atoms with Crippen molar-refractivity contribution in [3.63, 3.8) is 0 Å². The van der Waals surface area contributed by atoms with E-state index in [0.717, 1.165) is 24.2 Å². The summed E-state index contributed by atoms with van der Waals surface area (Å²) in [6, 6.07) is 0. The van der Waals surface area contributed by atoms with Gasteiger partial charge in [0.05, 0.1) is 0 Å². The molecule has 0 radical (unpaired) electrons. The normalized spacial score (nSPS) is 12.4. The van der Waals surface area contributed by atoms with E-state index in [9.17, 15) is 0 Å². The van der Waals surface area contributed by atoms with Crippen molar-refractivity contribution in [2.45, 2.75) is 59.9 Å². The highest BCUT2D eigenvalue weighted by Gasteiger charge is 2.26. The van der Waals surface area contributed by atoms with Gasteiger partial charge < -0.3 is 10.7 Å². The number of hydrogen-bond donors (Lipinski definition) is 3. The van der Waals surface area contributed by atoms with Crippen LogP contribution in [-0.2, 0) is 6.42 Å². The van der Waals surface area contributed by atoms with Crippen molar-refractivity contribution in [3.05, 3.63) is 11.9 Å². The number of anilines is 2. The minimum atomic E-state index is -0.0393. The molecule has 0 aliphatic carbocycles. The molecule has 0 aliphatic rings. The van der Waals surface area contributed by atoms with Crippen LogP contribution in [0.2, 0.25) is 0 Å². The summed E-state index contributed by atoms with van der Waals surface area (Å²) in [4.78, 5) is 8.50. The molecule has 0 spiro atoms. The molecule has 0 fully saturated rings. The zero-order chi connectivity index (χ0) is 14.7. The van der Waals surface area contributed by atoms with Gasteiger partial charge in [-0.25, -0.2) is 15.8 Å². The lowest BCUT2D eigenvalue weighted by Gasteiger charge is -2.34. The minimum absolute atomic E-state index is 0.0393. The van der Waals surface area contributed by atoms with Crippen LogP contribution in [0.1, 0.15) is 53.5 Å². The average Bonchev–Trinajstić information content (AvgIpc) is 2.24. The highest BCUT2D eigenvalue weighted by Crippen LogP contribution is 2.31. The highest BCUT2D eigenvalue weighted by atomic mass is 15.3. The fraction of sp³-hybridized carbons (Fsp3) is 0.714. The summed E-state index contributed by atoms with van der Waals surface area (Å²) in [6.45, 7) is 13.2. The van der Waals surface area contributed by atoms with Crippen molar-refractivity contribution < 1.29 is 0 Å². The van der Waals surface area contributed by atoms with Crippen LogP contribution in [0, 0.1) is 5.41 Å². The predicted octanol–water partition coefficient (Wildman–Crippen LogP) is 2.95. The van der Waals surface area contributed by atoms with E-state index in [-0.39, 0.29) is 11.0 Å². The van der Waals surface area contributed by atoms with Gasteiger partial charge in [0.1, 0.15) is 18.0 Å². The van der Waals surface area contributed by atoms with E-state index < -0.39 is 0 Å². The monoisotopic (exact) mass is 265 g/mol. The topological polar surface area (TPSA) is 75.9 Å². The van der Waals surface area contributed by atoms with E-state index >= 15 is 0 Å². The molecule has 1 heterocycles. The van der Waals surface area contributed by atoms with Crippen LogP contribution in [0.25, 0.3) is 0 Å². The summed E-state index contributed by atoms with van der Waals surface area (Å²) in [5.41, 5.74) is 3.87. The second kappa shape index (κ2) is 5.74. The number of aromatic nitrogens is 2. The Morgan fingerprint density at radius 3 is 2.16 bits per heavy atom. The number of nitrogens with zero attached hydrogens (tertiary/aromatic N) is 2. The third-order valence-corrected chi connectivity index (χ3v) is 2.86. The molecule has 1 aromatic rings. The molecule has 1 rings (SSSR count). The largest absolute Gasteiger partial charge is 0.365 e. The number of nitrogens with two attached hydrogens (primary N) is 1. The third-order valence-electron chi connectivity index (χ3n) is 2.86. The third kappa shape index (κ3) is 4.67. The Bertz CT molecular complexity index is 420. The van der Waals surface area contributed by atoms with E-state index in [0.29, 0.717) is 5.82 Å². The number of nitrogens with one attached hydrogen (secondary N) is 2. The highest BCUT2D eigenvalue weighted by molar-refractivity contribution is 5.57. The molecule has 5 nitrogen and oxygen atoms in total. The Morgan fingerprint density at radius 2 is 1.68 bits per heavy atom. The lowest BCUT2D eigenvalue weighted by Crippen LogP contribution is -2.36. The molecule has 4 N–H and O–H groups in total. The fourth-order valence-corrected chi connectivity index (χ4v) is 2.67. The van der Waals surface area contributed by atoms with Crippen molar-refractivity contribution in [2.24, 2.45) is 11.3 Å². The van der Waals surface area contributed by atoms with Crippen molar-refractivity contribution >= 4 is 11.6 Å². The minimum Gasteiger partial charge on any atom is -0.365 e. The summed E-state index contributed by atoms with van der Waals surface area (Å²) in [5.74, 6) is 7.04. The van der Waals surface area contributed by atoms with E-state index in [2.05, 4.69) is 62.3 Å². The molecule has 0 amide bonds. The van der Waals surface area contributed by atoms with Crippen molar-refractivity contribution in [1.29, 1.82) is 0 Å². The molecule has 0 atom stereocenters. The first-order chi connectivity index (χ1) is 8.68. The van der Waals surface area contributed by atoms with Gasteiger partial charge in [-0.1, -0.05) is 27.7 Å². The van der Waals surface area contributed by atoms with Gasteiger partial charge in [-0.05, 0) is 32.1 Å². The summed E-state index contributed by atoms with van der Waals surface area (Å²) in [7, 11) is 0. The second-order valence-electron chi connectivity index (χ2n) is 6.79. The van der Waals surface area contributed by atoms with Gasteiger partial charge in [-0.3, -0.25) is 0 Å². The van der Waals surface area contributed by atoms with Crippen LogP contribution in [-0.4, -0.2) is 15.5 Å².